The molecule has 1 aromatic heterocycles. The molecule has 1 heterocycles. The van der Waals surface area contributed by atoms with Crippen LogP contribution in [-0.4, -0.2) is 24.3 Å². The third-order valence-electron chi connectivity index (χ3n) is 3.50. The van der Waals surface area contributed by atoms with E-state index in [9.17, 15) is 4.79 Å². The molecule has 0 aliphatic carbocycles. The van der Waals surface area contributed by atoms with Gasteiger partial charge in [-0.25, -0.2) is 0 Å². The number of hydrogen-bond donors (Lipinski definition) is 0. The molecule has 0 N–H and O–H groups in total. The molecule has 0 saturated heterocycles. The molecular weight excluding hydrogens is 250 g/mol. The molecule has 2 aromatic rings. The minimum absolute atomic E-state index is 0.149. The van der Waals surface area contributed by atoms with E-state index in [1.807, 2.05) is 49.2 Å². The maximum absolute atomic E-state index is 12.2. The molecule has 0 aliphatic heterocycles. The molecule has 0 radical (unpaired) electrons. The Morgan fingerprint density at radius 3 is 2.45 bits per heavy atom. The van der Waals surface area contributed by atoms with Crippen molar-refractivity contribution in [3.05, 3.63) is 59.0 Å². The van der Waals surface area contributed by atoms with Crippen molar-refractivity contribution in [3.8, 4) is 0 Å². The predicted octanol–water partition coefficient (Wildman–Crippen LogP) is 3.47. The summed E-state index contributed by atoms with van der Waals surface area (Å²) in [7, 11) is 1.95. The first kappa shape index (κ1) is 14.5. The molecule has 106 valence electrons. The van der Waals surface area contributed by atoms with Crippen LogP contribution < -0.4 is 0 Å². The lowest BCUT2D eigenvalue weighted by Crippen LogP contribution is -2.25. The Bertz CT molecular complexity index is 569. The van der Waals surface area contributed by atoms with Gasteiger partial charge in [0.15, 0.2) is 5.78 Å². The lowest BCUT2D eigenvalue weighted by Gasteiger charge is -2.15. The highest BCUT2D eigenvalue weighted by Gasteiger charge is 2.11. The van der Waals surface area contributed by atoms with Gasteiger partial charge in [0.25, 0.3) is 0 Å². The van der Waals surface area contributed by atoms with Crippen molar-refractivity contribution in [2.75, 3.05) is 13.6 Å². The maximum Gasteiger partial charge on any atom is 0.176 e. The molecule has 2 rings (SSSR count). The molecule has 3 heteroatoms. The first-order valence-electron chi connectivity index (χ1n) is 6.93. The number of Topliss-reactive ketones (excluding diaryl/α,β-unsaturated/α-hetero) is 1. The van der Waals surface area contributed by atoms with Crippen LogP contribution in [0.25, 0.3) is 0 Å². The normalized spacial score (nSPS) is 11.0. The number of benzene rings is 1. The smallest absolute Gasteiger partial charge is 0.176 e. The number of hydrogen-bond acceptors (Lipinski definition) is 3. The third-order valence-corrected chi connectivity index (χ3v) is 3.50. The number of carbonyl (C=O) groups excluding carboxylic acids is 1. The standard InChI is InChI=1S/C17H21NO2/c1-4-14-5-7-15(8-6-14)17(19)12-18(3)11-16-9-10-20-13(16)2/h5-10H,4,11-12H2,1-3H3. The number of carbonyl (C=O) groups is 1. The number of likely N-dealkylation sites (N-methyl/N-ethyl adjacent to an activating group) is 1. The van der Waals surface area contributed by atoms with E-state index in [4.69, 9.17) is 4.42 Å². The van der Waals surface area contributed by atoms with Gasteiger partial charge in [0.1, 0.15) is 5.76 Å². The molecule has 0 atom stereocenters. The minimum atomic E-state index is 0.149. The summed E-state index contributed by atoms with van der Waals surface area (Å²) in [6.07, 6.45) is 2.68. The Kier molecular flexibility index (Phi) is 4.74. The quantitative estimate of drug-likeness (QED) is 0.754. The lowest BCUT2D eigenvalue weighted by molar-refractivity contribution is 0.0942. The zero-order chi connectivity index (χ0) is 14.5. The van der Waals surface area contributed by atoms with Crippen molar-refractivity contribution < 1.29 is 9.21 Å². The van der Waals surface area contributed by atoms with Crippen LogP contribution in [0, 0.1) is 6.92 Å². The van der Waals surface area contributed by atoms with E-state index in [2.05, 4.69) is 6.92 Å². The third kappa shape index (κ3) is 3.58. The van der Waals surface area contributed by atoms with E-state index in [0.29, 0.717) is 6.54 Å². The number of aryl methyl sites for hydroxylation is 2. The fraction of sp³-hybridized carbons (Fsp3) is 0.353. The van der Waals surface area contributed by atoms with E-state index >= 15 is 0 Å². The second kappa shape index (κ2) is 6.53. The lowest BCUT2D eigenvalue weighted by atomic mass is 10.1. The second-order valence-electron chi connectivity index (χ2n) is 5.15. The van der Waals surface area contributed by atoms with Gasteiger partial charge in [-0.05, 0) is 32.0 Å². The molecule has 1 aromatic carbocycles. The van der Waals surface area contributed by atoms with Gasteiger partial charge in [-0.15, -0.1) is 0 Å². The van der Waals surface area contributed by atoms with E-state index < -0.39 is 0 Å². The molecular formula is C17H21NO2. The summed E-state index contributed by atoms with van der Waals surface area (Å²) in [4.78, 5) is 14.2. The first-order chi connectivity index (χ1) is 9.60. The van der Waals surface area contributed by atoms with Crippen molar-refractivity contribution in [2.45, 2.75) is 26.8 Å². The summed E-state index contributed by atoms with van der Waals surface area (Å²) >= 11 is 0. The van der Waals surface area contributed by atoms with Crippen molar-refractivity contribution in [3.63, 3.8) is 0 Å². The summed E-state index contributed by atoms with van der Waals surface area (Å²) in [5.74, 6) is 1.06. The predicted molar refractivity (Wildman–Crippen MR) is 79.9 cm³/mol. The van der Waals surface area contributed by atoms with E-state index in [1.165, 1.54) is 5.56 Å². The molecule has 0 amide bonds. The SMILES string of the molecule is CCc1ccc(C(=O)CN(C)Cc2ccoc2C)cc1. The van der Waals surface area contributed by atoms with E-state index in [1.54, 1.807) is 6.26 Å². The minimum Gasteiger partial charge on any atom is -0.469 e. The molecule has 0 unspecified atom stereocenters. The van der Waals surface area contributed by atoms with Gasteiger partial charge in [0.05, 0.1) is 12.8 Å². The molecule has 3 nitrogen and oxygen atoms in total. The van der Waals surface area contributed by atoms with Gasteiger partial charge in [-0.2, -0.15) is 0 Å². The topological polar surface area (TPSA) is 33.5 Å². The second-order valence-corrected chi connectivity index (χ2v) is 5.15. The Hall–Kier alpha value is -1.87. The van der Waals surface area contributed by atoms with Crippen LogP contribution in [0.15, 0.2) is 41.0 Å². The monoisotopic (exact) mass is 271 g/mol. The van der Waals surface area contributed by atoms with Gasteiger partial charge >= 0.3 is 0 Å². The molecule has 0 bridgehead atoms. The number of rotatable bonds is 6. The highest BCUT2D eigenvalue weighted by molar-refractivity contribution is 5.97. The van der Waals surface area contributed by atoms with Gasteiger partial charge in [-0.3, -0.25) is 9.69 Å². The van der Waals surface area contributed by atoms with Crippen LogP contribution in [0.5, 0.6) is 0 Å². The maximum atomic E-state index is 12.2. The molecule has 20 heavy (non-hydrogen) atoms. The Morgan fingerprint density at radius 1 is 1.20 bits per heavy atom. The van der Waals surface area contributed by atoms with Gasteiger partial charge < -0.3 is 4.42 Å². The highest BCUT2D eigenvalue weighted by atomic mass is 16.3. The zero-order valence-electron chi connectivity index (χ0n) is 12.3. The molecule has 0 aliphatic rings. The first-order valence-corrected chi connectivity index (χ1v) is 6.93. The molecule has 0 fully saturated rings. The Labute approximate surface area is 120 Å². The van der Waals surface area contributed by atoms with Crippen LogP contribution in [0.2, 0.25) is 0 Å². The van der Waals surface area contributed by atoms with Crippen LogP contribution in [-0.2, 0) is 13.0 Å². The average Bonchev–Trinajstić information content (AvgIpc) is 2.84. The Balaban J connectivity index is 1.94. The fourth-order valence-electron chi connectivity index (χ4n) is 2.18. The van der Waals surface area contributed by atoms with Crippen LogP contribution in [0.3, 0.4) is 0 Å². The summed E-state index contributed by atoms with van der Waals surface area (Å²) in [5, 5.41) is 0. The summed E-state index contributed by atoms with van der Waals surface area (Å²) in [5.41, 5.74) is 3.16. The zero-order valence-corrected chi connectivity index (χ0v) is 12.3. The van der Waals surface area contributed by atoms with E-state index in [-0.39, 0.29) is 5.78 Å². The van der Waals surface area contributed by atoms with Crippen molar-refractivity contribution in [2.24, 2.45) is 0 Å². The highest BCUT2D eigenvalue weighted by Crippen LogP contribution is 2.12. The number of furan rings is 1. The van der Waals surface area contributed by atoms with Gasteiger partial charge in [-0.1, -0.05) is 31.2 Å². The summed E-state index contributed by atoms with van der Waals surface area (Å²) in [6, 6.07) is 9.82. The largest absolute Gasteiger partial charge is 0.469 e. The average molecular weight is 271 g/mol. The van der Waals surface area contributed by atoms with Crippen LogP contribution >= 0.6 is 0 Å². The van der Waals surface area contributed by atoms with Crippen molar-refractivity contribution >= 4 is 5.78 Å². The fourth-order valence-corrected chi connectivity index (χ4v) is 2.18. The Morgan fingerprint density at radius 2 is 1.90 bits per heavy atom. The summed E-state index contributed by atoms with van der Waals surface area (Å²) in [6.45, 7) is 5.18. The number of nitrogens with zero attached hydrogens (tertiary/aromatic N) is 1. The molecule has 0 spiro atoms. The van der Waals surface area contributed by atoms with Crippen molar-refractivity contribution in [1.29, 1.82) is 0 Å². The summed E-state index contributed by atoms with van der Waals surface area (Å²) < 4.78 is 5.27. The molecule has 0 saturated carbocycles. The van der Waals surface area contributed by atoms with Crippen LogP contribution in [0.4, 0.5) is 0 Å². The van der Waals surface area contributed by atoms with Gasteiger partial charge in [0, 0.05) is 17.7 Å². The van der Waals surface area contributed by atoms with Gasteiger partial charge in [0.2, 0.25) is 0 Å². The van der Waals surface area contributed by atoms with Crippen LogP contribution in [0.1, 0.15) is 34.2 Å². The number of ketones is 1. The van der Waals surface area contributed by atoms with E-state index in [0.717, 1.165) is 29.9 Å². The van der Waals surface area contributed by atoms with Crippen molar-refractivity contribution in [1.82, 2.24) is 4.90 Å².